The van der Waals surface area contributed by atoms with Crippen LogP contribution in [-0.2, 0) is 9.53 Å². The van der Waals surface area contributed by atoms with Gasteiger partial charge in [-0.05, 0) is 56.5 Å². The lowest BCUT2D eigenvalue weighted by Crippen LogP contribution is -2.39. The van der Waals surface area contributed by atoms with Gasteiger partial charge in [0.05, 0.1) is 11.6 Å². The van der Waals surface area contributed by atoms with Crippen molar-refractivity contribution >= 4 is 33.6 Å². The topological polar surface area (TPSA) is 46.6 Å². The maximum atomic E-state index is 13.2. The molecular formula is C20H20BrNO3. The highest BCUT2D eigenvalue weighted by molar-refractivity contribution is 9.10. The fraction of sp³-hybridized carbons (Fsp3) is 0.300. The van der Waals surface area contributed by atoms with Crippen LogP contribution in [0.2, 0.25) is 0 Å². The van der Waals surface area contributed by atoms with Crippen molar-refractivity contribution in [1.29, 1.82) is 0 Å². The summed E-state index contributed by atoms with van der Waals surface area (Å²) in [6, 6.07) is 13.3. The van der Waals surface area contributed by atoms with E-state index in [1.54, 1.807) is 26.8 Å². The summed E-state index contributed by atoms with van der Waals surface area (Å²) in [4.78, 5) is 27.0. The second-order valence-corrected chi connectivity index (χ2v) is 8.06. The third-order valence-corrected chi connectivity index (χ3v) is 4.58. The molecule has 1 aliphatic heterocycles. The number of rotatable bonds is 1. The van der Waals surface area contributed by atoms with Crippen molar-refractivity contribution in [3.63, 3.8) is 0 Å². The van der Waals surface area contributed by atoms with Gasteiger partial charge in [0, 0.05) is 4.47 Å². The van der Waals surface area contributed by atoms with Gasteiger partial charge < -0.3 is 4.74 Å². The van der Waals surface area contributed by atoms with Crippen molar-refractivity contribution in [3.8, 4) is 0 Å². The van der Waals surface area contributed by atoms with E-state index in [4.69, 9.17) is 4.74 Å². The molecule has 0 bridgehead atoms. The van der Waals surface area contributed by atoms with Gasteiger partial charge in [0.25, 0.3) is 0 Å². The number of halogens is 1. The SMILES string of the molecule is Cc1ccccc1C1C(=O)N(C(=O)OC(C)(C)C)c2cc(Br)ccc21. The molecule has 0 N–H and O–H groups in total. The van der Waals surface area contributed by atoms with Crippen LogP contribution in [0, 0.1) is 6.92 Å². The zero-order valence-corrected chi connectivity index (χ0v) is 16.3. The van der Waals surface area contributed by atoms with Gasteiger partial charge in [-0.3, -0.25) is 4.79 Å². The van der Waals surface area contributed by atoms with E-state index in [0.717, 1.165) is 26.1 Å². The Kier molecular flexibility index (Phi) is 4.45. The molecule has 2 aromatic carbocycles. The van der Waals surface area contributed by atoms with E-state index in [9.17, 15) is 9.59 Å². The molecule has 0 spiro atoms. The Hall–Kier alpha value is -2.14. The van der Waals surface area contributed by atoms with Crippen LogP contribution < -0.4 is 4.90 Å². The summed E-state index contributed by atoms with van der Waals surface area (Å²) in [6.45, 7) is 7.32. The van der Waals surface area contributed by atoms with Crippen molar-refractivity contribution in [2.24, 2.45) is 0 Å². The number of hydrogen-bond acceptors (Lipinski definition) is 3. The predicted octanol–water partition coefficient (Wildman–Crippen LogP) is 5.17. The summed E-state index contributed by atoms with van der Waals surface area (Å²) in [5.41, 5.74) is 2.63. The van der Waals surface area contributed by atoms with E-state index < -0.39 is 17.6 Å². The van der Waals surface area contributed by atoms with Crippen LogP contribution in [0.1, 0.15) is 43.4 Å². The largest absolute Gasteiger partial charge is 0.443 e. The molecule has 2 aromatic rings. The van der Waals surface area contributed by atoms with Gasteiger partial charge in [-0.2, -0.15) is 0 Å². The Morgan fingerprint density at radius 3 is 2.44 bits per heavy atom. The van der Waals surface area contributed by atoms with Crippen LogP contribution in [0.25, 0.3) is 0 Å². The summed E-state index contributed by atoms with van der Waals surface area (Å²) < 4.78 is 6.26. The number of aryl methyl sites for hydroxylation is 1. The third kappa shape index (κ3) is 3.33. The molecule has 2 amide bonds. The zero-order chi connectivity index (χ0) is 18.4. The normalized spacial score (nSPS) is 16.8. The minimum Gasteiger partial charge on any atom is -0.443 e. The molecule has 0 radical (unpaired) electrons. The number of nitrogens with zero attached hydrogens (tertiary/aromatic N) is 1. The van der Waals surface area contributed by atoms with E-state index in [1.165, 1.54) is 0 Å². The van der Waals surface area contributed by atoms with Crippen molar-refractivity contribution in [2.45, 2.75) is 39.2 Å². The maximum Gasteiger partial charge on any atom is 0.421 e. The van der Waals surface area contributed by atoms with E-state index in [0.29, 0.717) is 5.69 Å². The Bertz CT molecular complexity index is 854. The van der Waals surface area contributed by atoms with Gasteiger partial charge in [-0.25, -0.2) is 9.69 Å². The quantitative estimate of drug-likeness (QED) is 0.661. The predicted molar refractivity (Wildman–Crippen MR) is 101 cm³/mol. The van der Waals surface area contributed by atoms with Crippen LogP contribution in [-0.4, -0.2) is 17.6 Å². The van der Waals surface area contributed by atoms with Crippen LogP contribution in [0.15, 0.2) is 46.9 Å². The Labute approximate surface area is 155 Å². The smallest absolute Gasteiger partial charge is 0.421 e. The highest BCUT2D eigenvalue weighted by Gasteiger charge is 2.43. The van der Waals surface area contributed by atoms with Gasteiger partial charge in [0.15, 0.2) is 0 Å². The fourth-order valence-corrected chi connectivity index (χ4v) is 3.39. The van der Waals surface area contributed by atoms with E-state index in [2.05, 4.69) is 15.9 Å². The highest BCUT2D eigenvalue weighted by atomic mass is 79.9. The molecule has 0 fully saturated rings. The molecule has 3 rings (SSSR count). The van der Waals surface area contributed by atoms with Crippen molar-refractivity contribution in [1.82, 2.24) is 0 Å². The molecule has 5 heteroatoms. The first kappa shape index (κ1) is 17.7. The molecule has 0 saturated heterocycles. The second-order valence-electron chi connectivity index (χ2n) is 7.15. The summed E-state index contributed by atoms with van der Waals surface area (Å²) in [5.74, 6) is -0.784. The monoisotopic (exact) mass is 401 g/mol. The molecule has 0 saturated carbocycles. The number of benzene rings is 2. The summed E-state index contributed by atoms with van der Waals surface area (Å²) in [5, 5.41) is 0. The van der Waals surface area contributed by atoms with Gasteiger partial charge in [-0.15, -0.1) is 0 Å². The molecule has 4 nitrogen and oxygen atoms in total. The number of ether oxygens (including phenoxy) is 1. The summed E-state index contributed by atoms with van der Waals surface area (Å²) in [6.07, 6.45) is -0.645. The molecular weight excluding hydrogens is 382 g/mol. The maximum absolute atomic E-state index is 13.2. The molecule has 130 valence electrons. The molecule has 25 heavy (non-hydrogen) atoms. The van der Waals surface area contributed by atoms with Crippen LogP contribution in [0.5, 0.6) is 0 Å². The lowest BCUT2D eigenvalue weighted by molar-refractivity contribution is -0.118. The van der Waals surface area contributed by atoms with E-state index in [1.807, 2.05) is 43.3 Å². The third-order valence-electron chi connectivity index (χ3n) is 4.09. The first-order valence-corrected chi connectivity index (χ1v) is 8.90. The second kappa shape index (κ2) is 6.30. The summed E-state index contributed by atoms with van der Waals surface area (Å²) >= 11 is 3.42. The van der Waals surface area contributed by atoms with Gasteiger partial charge in [0.1, 0.15) is 5.60 Å². The van der Waals surface area contributed by atoms with Gasteiger partial charge in [0.2, 0.25) is 5.91 Å². The zero-order valence-electron chi connectivity index (χ0n) is 14.7. The average Bonchev–Trinajstić information content (AvgIpc) is 2.77. The number of anilines is 1. The minimum atomic E-state index is -0.676. The van der Waals surface area contributed by atoms with Crippen molar-refractivity contribution < 1.29 is 14.3 Å². The number of amides is 2. The lowest BCUT2D eigenvalue weighted by Gasteiger charge is -2.24. The first-order valence-electron chi connectivity index (χ1n) is 8.11. The number of fused-ring (bicyclic) bond motifs is 1. The molecule has 1 aliphatic rings. The number of carbonyl (C=O) groups excluding carboxylic acids is 2. The molecule has 0 aromatic heterocycles. The minimum absolute atomic E-state index is 0.281. The van der Waals surface area contributed by atoms with E-state index >= 15 is 0 Å². The Balaban J connectivity index is 2.12. The molecule has 0 aliphatic carbocycles. The molecule has 1 unspecified atom stereocenters. The number of imide groups is 1. The molecule has 1 heterocycles. The lowest BCUT2D eigenvalue weighted by atomic mass is 9.90. The van der Waals surface area contributed by atoms with Crippen molar-refractivity contribution in [2.75, 3.05) is 4.90 Å². The average molecular weight is 402 g/mol. The summed E-state index contributed by atoms with van der Waals surface area (Å²) in [7, 11) is 0. The van der Waals surface area contributed by atoms with Crippen LogP contribution in [0.4, 0.5) is 10.5 Å². The van der Waals surface area contributed by atoms with Crippen LogP contribution >= 0.6 is 15.9 Å². The molecule has 1 atom stereocenters. The fourth-order valence-electron chi connectivity index (χ4n) is 3.04. The van der Waals surface area contributed by atoms with E-state index in [-0.39, 0.29) is 5.91 Å². The van der Waals surface area contributed by atoms with Crippen molar-refractivity contribution in [3.05, 3.63) is 63.6 Å². The van der Waals surface area contributed by atoms with Gasteiger partial charge in [-0.1, -0.05) is 46.3 Å². The number of hydrogen-bond donors (Lipinski definition) is 0. The first-order chi connectivity index (χ1) is 11.7. The number of carbonyl (C=O) groups is 2. The van der Waals surface area contributed by atoms with Gasteiger partial charge >= 0.3 is 6.09 Å². The van der Waals surface area contributed by atoms with Crippen LogP contribution in [0.3, 0.4) is 0 Å². The Morgan fingerprint density at radius 2 is 1.80 bits per heavy atom. The highest BCUT2D eigenvalue weighted by Crippen LogP contribution is 2.43. The standard InChI is InChI=1S/C20H20BrNO3/c1-12-7-5-6-8-14(12)17-15-10-9-13(21)11-16(15)22(18(17)23)19(24)25-20(2,3)4/h5-11,17H,1-4H3. The Morgan fingerprint density at radius 1 is 1.12 bits per heavy atom.